The number of aliphatic hydroxyl groups is 1. The maximum Gasteiger partial charge on any atom is 0.0637 e. The Labute approximate surface area is 130 Å². The maximum atomic E-state index is 10.7. The van der Waals surface area contributed by atoms with Gasteiger partial charge in [0.2, 0.25) is 0 Å². The Balaban J connectivity index is 2.48. The fourth-order valence-electron chi connectivity index (χ4n) is 3.93. The molecule has 0 aromatic carbocycles. The second-order valence-electron chi connectivity index (χ2n) is 7.64. The van der Waals surface area contributed by atoms with Crippen LogP contribution >= 0.6 is 0 Å². The highest BCUT2D eigenvalue weighted by molar-refractivity contribution is 5.38. The van der Waals surface area contributed by atoms with E-state index in [1.54, 1.807) is 0 Å². The molecule has 0 heterocycles. The number of hydrogen-bond donors (Lipinski definition) is 1. The average Bonchev–Trinajstić information content (AvgIpc) is 2.42. The third-order valence-electron chi connectivity index (χ3n) is 5.67. The van der Waals surface area contributed by atoms with Crippen molar-refractivity contribution in [1.82, 2.24) is 0 Å². The molecule has 0 spiro atoms. The van der Waals surface area contributed by atoms with E-state index in [0.717, 1.165) is 44.9 Å². The molecule has 118 valence electrons. The molecule has 0 saturated heterocycles. The van der Waals surface area contributed by atoms with Crippen molar-refractivity contribution in [1.29, 1.82) is 0 Å². The van der Waals surface area contributed by atoms with Gasteiger partial charge in [-0.1, -0.05) is 50.1 Å². The van der Waals surface area contributed by atoms with E-state index >= 15 is 0 Å². The summed E-state index contributed by atoms with van der Waals surface area (Å²) in [7, 11) is 0. The molecule has 2 unspecified atom stereocenters. The Morgan fingerprint density at radius 3 is 2.62 bits per heavy atom. The number of rotatable bonds is 1. The van der Waals surface area contributed by atoms with Crippen molar-refractivity contribution in [3.05, 3.63) is 34.9 Å². The lowest BCUT2D eigenvalue weighted by Gasteiger charge is -2.42. The molecule has 2 aliphatic carbocycles. The van der Waals surface area contributed by atoms with Gasteiger partial charge in [0.05, 0.1) is 6.10 Å². The monoisotopic (exact) mass is 288 g/mol. The summed E-state index contributed by atoms with van der Waals surface area (Å²) in [5, 5.41) is 10.7. The molecule has 0 amide bonds. The summed E-state index contributed by atoms with van der Waals surface area (Å²) >= 11 is 0. The zero-order valence-corrected chi connectivity index (χ0v) is 14.3. The van der Waals surface area contributed by atoms with Gasteiger partial charge in [0.25, 0.3) is 0 Å². The lowest BCUT2D eigenvalue weighted by Crippen LogP contribution is -2.37. The van der Waals surface area contributed by atoms with E-state index in [9.17, 15) is 5.11 Å². The molecule has 1 N–H and O–H groups in total. The minimum absolute atomic E-state index is 0.0694. The highest BCUT2D eigenvalue weighted by Gasteiger charge is 2.39. The maximum absolute atomic E-state index is 10.7. The Kier molecular flexibility index (Phi) is 5.14. The zero-order valence-electron chi connectivity index (χ0n) is 14.3. The van der Waals surface area contributed by atoms with Crippen LogP contribution in [0.1, 0.15) is 72.6 Å². The number of hydrogen-bond acceptors (Lipinski definition) is 1. The van der Waals surface area contributed by atoms with Crippen LogP contribution in [0.5, 0.6) is 0 Å². The fraction of sp³-hybridized carbons (Fsp3) is 0.700. The highest BCUT2D eigenvalue weighted by Crippen LogP contribution is 2.46. The van der Waals surface area contributed by atoms with Gasteiger partial charge in [0.1, 0.15) is 0 Å². The van der Waals surface area contributed by atoms with Crippen molar-refractivity contribution in [2.75, 3.05) is 0 Å². The molecular formula is C20H32O. The SMILES string of the molecule is C=C1CCCC2(C)C(=C(C)CCC2O)C=C(C(C)C)CC1. The normalized spacial score (nSPS) is 32.0. The largest absolute Gasteiger partial charge is 0.392 e. The molecule has 0 aromatic heterocycles. The summed E-state index contributed by atoms with van der Waals surface area (Å²) in [5.74, 6) is 0.570. The Bertz CT molecular complexity index is 466. The average molecular weight is 288 g/mol. The van der Waals surface area contributed by atoms with Gasteiger partial charge in [-0.05, 0) is 63.4 Å². The Morgan fingerprint density at radius 1 is 1.24 bits per heavy atom. The summed E-state index contributed by atoms with van der Waals surface area (Å²) in [6, 6.07) is 0. The van der Waals surface area contributed by atoms with Gasteiger partial charge in [-0.3, -0.25) is 0 Å². The molecule has 1 heteroatoms. The third-order valence-corrected chi connectivity index (χ3v) is 5.67. The molecule has 0 aliphatic heterocycles. The van der Waals surface area contributed by atoms with Gasteiger partial charge in [0, 0.05) is 5.41 Å². The van der Waals surface area contributed by atoms with Crippen LogP contribution < -0.4 is 0 Å². The smallest absolute Gasteiger partial charge is 0.0637 e. The molecule has 2 aliphatic rings. The first-order chi connectivity index (χ1) is 9.84. The van der Waals surface area contributed by atoms with Crippen LogP contribution in [0.2, 0.25) is 0 Å². The van der Waals surface area contributed by atoms with Crippen molar-refractivity contribution in [3.8, 4) is 0 Å². The van der Waals surface area contributed by atoms with E-state index in [0.29, 0.717) is 5.92 Å². The van der Waals surface area contributed by atoms with Crippen molar-refractivity contribution in [2.24, 2.45) is 11.3 Å². The summed E-state index contributed by atoms with van der Waals surface area (Å²) < 4.78 is 0. The van der Waals surface area contributed by atoms with E-state index in [1.165, 1.54) is 22.3 Å². The second kappa shape index (κ2) is 6.52. The van der Waals surface area contributed by atoms with Crippen molar-refractivity contribution < 1.29 is 5.11 Å². The van der Waals surface area contributed by atoms with E-state index in [-0.39, 0.29) is 11.5 Å². The topological polar surface area (TPSA) is 20.2 Å². The predicted octanol–water partition coefficient (Wildman–Crippen LogP) is 5.57. The molecule has 2 rings (SSSR count). The van der Waals surface area contributed by atoms with Crippen LogP contribution in [0.3, 0.4) is 0 Å². The van der Waals surface area contributed by atoms with Crippen LogP contribution in [-0.2, 0) is 0 Å². The summed E-state index contributed by atoms with van der Waals surface area (Å²) in [6.07, 6.45) is 9.76. The quantitative estimate of drug-likeness (QED) is 0.626. The predicted molar refractivity (Wildman–Crippen MR) is 91.2 cm³/mol. The standard InChI is InChI=1S/C20H32O/c1-14(2)17-10-8-15(3)7-6-12-20(5)18(13-17)16(4)9-11-19(20)21/h13-14,19,21H,3,6-12H2,1-2,4-5H3. The Hall–Kier alpha value is -0.820. The number of allylic oxidation sites excluding steroid dienone is 4. The molecule has 2 atom stereocenters. The lowest BCUT2D eigenvalue weighted by atomic mass is 9.65. The highest BCUT2D eigenvalue weighted by atomic mass is 16.3. The van der Waals surface area contributed by atoms with E-state index < -0.39 is 0 Å². The van der Waals surface area contributed by atoms with Crippen molar-refractivity contribution >= 4 is 0 Å². The molecule has 0 saturated carbocycles. The lowest BCUT2D eigenvalue weighted by molar-refractivity contribution is 0.0418. The molecule has 0 radical (unpaired) electrons. The third kappa shape index (κ3) is 3.51. The van der Waals surface area contributed by atoms with Gasteiger partial charge in [-0.2, -0.15) is 0 Å². The number of aliphatic hydroxyl groups excluding tert-OH is 1. The Morgan fingerprint density at radius 2 is 1.95 bits per heavy atom. The molecule has 0 aromatic rings. The second-order valence-corrected chi connectivity index (χ2v) is 7.64. The fourth-order valence-corrected chi connectivity index (χ4v) is 3.93. The minimum atomic E-state index is -0.200. The van der Waals surface area contributed by atoms with Crippen LogP contribution in [-0.4, -0.2) is 11.2 Å². The van der Waals surface area contributed by atoms with Crippen LogP contribution in [0.15, 0.2) is 34.9 Å². The molecule has 1 nitrogen and oxygen atoms in total. The zero-order chi connectivity index (χ0) is 15.6. The van der Waals surface area contributed by atoms with Gasteiger partial charge < -0.3 is 5.11 Å². The number of fused-ring (bicyclic) bond motifs is 1. The molecule has 0 fully saturated rings. The van der Waals surface area contributed by atoms with Crippen LogP contribution in [0.4, 0.5) is 0 Å². The summed E-state index contributed by atoms with van der Waals surface area (Å²) in [5.41, 5.74) is 5.74. The van der Waals surface area contributed by atoms with Gasteiger partial charge in [-0.15, -0.1) is 0 Å². The van der Waals surface area contributed by atoms with Crippen molar-refractivity contribution in [3.63, 3.8) is 0 Å². The summed E-state index contributed by atoms with van der Waals surface area (Å²) in [4.78, 5) is 0. The van der Waals surface area contributed by atoms with Gasteiger partial charge >= 0.3 is 0 Å². The minimum Gasteiger partial charge on any atom is -0.392 e. The molecule has 0 bridgehead atoms. The van der Waals surface area contributed by atoms with Crippen LogP contribution in [0, 0.1) is 11.3 Å². The molecular weight excluding hydrogens is 256 g/mol. The van der Waals surface area contributed by atoms with Gasteiger partial charge in [0.15, 0.2) is 0 Å². The van der Waals surface area contributed by atoms with Crippen LogP contribution in [0.25, 0.3) is 0 Å². The van der Waals surface area contributed by atoms with Crippen molar-refractivity contribution in [2.45, 2.75) is 78.7 Å². The van der Waals surface area contributed by atoms with E-state index in [1.807, 2.05) is 0 Å². The summed E-state index contributed by atoms with van der Waals surface area (Å²) in [6.45, 7) is 13.3. The van der Waals surface area contributed by atoms with E-state index in [2.05, 4.69) is 40.3 Å². The first kappa shape index (κ1) is 16.5. The molecule has 21 heavy (non-hydrogen) atoms. The van der Waals surface area contributed by atoms with Gasteiger partial charge in [-0.25, -0.2) is 0 Å². The first-order valence-electron chi connectivity index (χ1n) is 8.60. The van der Waals surface area contributed by atoms with E-state index in [4.69, 9.17) is 0 Å². The first-order valence-corrected chi connectivity index (χ1v) is 8.60.